The van der Waals surface area contributed by atoms with Crippen molar-refractivity contribution in [1.82, 2.24) is 0 Å². The van der Waals surface area contributed by atoms with Gasteiger partial charge in [-0.1, -0.05) is 30.7 Å². The minimum Gasteiger partial charge on any atom is -0.0620 e. The third-order valence-corrected chi connectivity index (χ3v) is 3.60. The molecule has 1 aromatic rings. The van der Waals surface area contributed by atoms with Crippen LogP contribution >= 0.6 is 0 Å². The molecule has 0 aromatic heterocycles. The van der Waals surface area contributed by atoms with Gasteiger partial charge in [-0.3, -0.25) is 0 Å². The molecule has 2 aliphatic carbocycles. The highest BCUT2D eigenvalue weighted by Gasteiger charge is 2.35. The van der Waals surface area contributed by atoms with Gasteiger partial charge in [-0.2, -0.15) is 0 Å². The average Bonchev–Trinajstić information content (AvgIpc) is 2.62. The van der Waals surface area contributed by atoms with Gasteiger partial charge in [-0.25, -0.2) is 0 Å². The Labute approximate surface area is 73.6 Å². The summed E-state index contributed by atoms with van der Waals surface area (Å²) < 4.78 is 0. The first-order chi connectivity index (χ1) is 5.95. The maximum atomic E-state index is 2.34. The number of fused-ring (bicyclic) bond motifs is 3. The third-order valence-electron chi connectivity index (χ3n) is 3.60. The fourth-order valence-corrected chi connectivity index (χ4v) is 3.05. The van der Waals surface area contributed by atoms with Gasteiger partial charge in [-0.05, 0) is 42.2 Å². The van der Waals surface area contributed by atoms with Crippen LogP contribution in [0.5, 0.6) is 0 Å². The van der Waals surface area contributed by atoms with E-state index in [9.17, 15) is 0 Å². The maximum Gasteiger partial charge on any atom is -0.0128 e. The number of hydrogen-bond donors (Lipinski definition) is 0. The van der Waals surface area contributed by atoms with Gasteiger partial charge in [0.05, 0.1) is 0 Å². The van der Waals surface area contributed by atoms with E-state index in [1.807, 2.05) is 0 Å². The summed E-state index contributed by atoms with van der Waals surface area (Å²) in [6.07, 6.45) is 5.74. The van der Waals surface area contributed by atoms with Gasteiger partial charge < -0.3 is 0 Å². The highest BCUT2D eigenvalue weighted by atomic mass is 14.4. The van der Waals surface area contributed by atoms with Gasteiger partial charge in [0.1, 0.15) is 0 Å². The minimum absolute atomic E-state index is 0.932. The van der Waals surface area contributed by atoms with Crippen molar-refractivity contribution in [1.29, 1.82) is 0 Å². The molecule has 1 aromatic carbocycles. The zero-order chi connectivity index (χ0) is 7.97. The largest absolute Gasteiger partial charge is 0.0620 e. The van der Waals surface area contributed by atoms with Crippen molar-refractivity contribution in [3.05, 3.63) is 35.4 Å². The van der Waals surface area contributed by atoms with Crippen molar-refractivity contribution >= 4 is 0 Å². The predicted octanol–water partition coefficient (Wildman–Crippen LogP) is 3.13. The summed E-state index contributed by atoms with van der Waals surface area (Å²) in [5.74, 6) is 1.93. The van der Waals surface area contributed by atoms with Crippen LogP contribution in [0.25, 0.3) is 0 Å². The summed E-state index contributed by atoms with van der Waals surface area (Å²) in [5.41, 5.74) is 3.30. The summed E-state index contributed by atoms with van der Waals surface area (Å²) in [4.78, 5) is 0. The number of rotatable bonds is 0. The standard InChI is InChI=1S/C12H14/c1-2-6-11-9(4-1)8-10-5-3-7-12(10)11/h1-2,4,6,10,12H,3,5,7-8H2/t10-,12-/m1/s1. The van der Waals surface area contributed by atoms with E-state index in [4.69, 9.17) is 0 Å². The van der Waals surface area contributed by atoms with Gasteiger partial charge in [0.2, 0.25) is 0 Å². The number of hydrogen-bond acceptors (Lipinski definition) is 0. The lowest BCUT2D eigenvalue weighted by Crippen LogP contribution is -1.97. The molecule has 2 aliphatic rings. The van der Waals surface area contributed by atoms with Crippen LogP contribution in [0.2, 0.25) is 0 Å². The van der Waals surface area contributed by atoms with Crippen LogP contribution in [0.4, 0.5) is 0 Å². The van der Waals surface area contributed by atoms with E-state index in [1.54, 1.807) is 11.1 Å². The summed E-state index contributed by atoms with van der Waals surface area (Å²) in [7, 11) is 0. The SMILES string of the molecule is c1ccc2c(c1)C[C@H]1CCC[C@@H]21. The summed E-state index contributed by atoms with van der Waals surface area (Å²) >= 11 is 0. The Balaban J connectivity index is 2.09. The molecule has 0 radical (unpaired) electrons. The van der Waals surface area contributed by atoms with Crippen molar-refractivity contribution in [2.75, 3.05) is 0 Å². The Kier molecular flexibility index (Phi) is 1.31. The molecule has 12 heavy (non-hydrogen) atoms. The number of benzene rings is 1. The van der Waals surface area contributed by atoms with Gasteiger partial charge in [-0.15, -0.1) is 0 Å². The Morgan fingerprint density at radius 3 is 3.00 bits per heavy atom. The van der Waals surface area contributed by atoms with E-state index in [0.29, 0.717) is 0 Å². The van der Waals surface area contributed by atoms with Crippen molar-refractivity contribution in [3.63, 3.8) is 0 Å². The van der Waals surface area contributed by atoms with E-state index in [-0.39, 0.29) is 0 Å². The lowest BCUT2D eigenvalue weighted by atomic mass is 9.97. The molecular formula is C12H14. The van der Waals surface area contributed by atoms with Crippen LogP contribution in [-0.2, 0) is 6.42 Å². The quantitative estimate of drug-likeness (QED) is 0.544. The molecule has 2 atom stereocenters. The summed E-state index contributed by atoms with van der Waals surface area (Å²) in [6.45, 7) is 0. The minimum atomic E-state index is 0.932. The van der Waals surface area contributed by atoms with E-state index in [2.05, 4.69) is 24.3 Å². The Bertz CT molecular complexity index is 301. The molecule has 1 fully saturated rings. The van der Waals surface area contributed by atoms with Crippen LogP contribution in [0.15, 0.2) is 24.3 Å². The van der Waals surface area contributed by atoms with Gasteiger partial charge >= 0.3 is 0 Å². The Hall–Kier alpha value is -0.780. The zero-order valence-corrected chi connectivity index (χ0v) is 7.29. The van der Waals surface area contributed by atoms with E-state index in [1.165, 1.54) is 25.7 Å². The molecule has 0 heteroatoms. The molecule has 0 spiro atoms. The molecule has 0 aliphatic heterocycles. The highest BCUT2D eigenvalue weighted by Crippen LogP contribution is 2.47. The molecular weight excluding hydrogens is 144 g/mol. The molecule has 0 bridgehead atoms. The fraction of sp³-hybridized carbons (Fsp3) is 0.500. The summed E-state index contributed by atoms with van der Waals surface area (Å²) in [6, 6.07) is 9.03. The summed E-state index contributed by atoms with van der Waals surface area (Å²) in [5, 5.41) is 0. The second-order valence-corrected chi connectivity index (χ2v) is 4.20. The zero-order valence-electron chi connectivity index (χ0n) is 7.29. The second-order valence-electron chi connectivity index (χ2n) is 4.20. The van der Waals surface area contributed by atoms with Gasteiger partial charge in [0.15, 0.2) is 0 Å². The lowest BCUT2D eigenvalue weighted by molar-refractivity contribution is 0.527. The molecule has 0 N–H and O–H groups in total. The molecule has 62 valence electrons. The Morgan fingerprint density at radius 2 is 2.00 bits per heavy atom. The first-order valence-electron chi connectivity index (χ1n) is 5.03. The monoisotopic (exact) mass is 158 g/mol. The molecule has 0 amide bonds. The average molecular weight is 158 g/mol. The smallest absolute Gasteiger partial charge is 0.0128 e. The normalized spacial score (nSPS) is 31.7. The predicted molar refractivity (Wildman–Crippen MR) is 50.2 cm³/mol. The van der Waals surface area contributed by atoms with Crippen molar-refractivity contribution < 1.29 is 0 Å². The topological polar surface area (TPSA) is 0 Å². The molecule has 1 saturated carbocycles. The second kappa shape index (κ2) is 2.35. The highest BCUT2D eigenvalue weighted by molar-refractivity contribution is 5.36. The van der Waals surface area contributed by atoms with E-state index < -0.39 is 0 Å². The van der Waals surface area contributed by atoms with Crippen LogP contribution in [0.1, 0.15) is 36.3 Å². The van der Waals surface area contributed by atoms with Gasteiger partial charge in [0.25, 0.3) is 0 Å². The van der Waals surface area contributed by atoms with Crippen LogP contribution in [0.3, 0.4) is 0 Å². The lowest BCUT2D eigenvalue weighted by Gasteiger charge is -2.08. The molecule has 0 unspecified atom stereocenters. The molecule has 0 heterocycles. The van der Waals surface area contributed by atoms with E-state index in [0.717, 1.165) is 11.8 Å². The maximum absolute atomic E-state index is 2.34. The fourth-order valence-electron chi connectivity index (χ4n) is 3.05. The first kappa shape index (κ1) is 6.71. The third kappa shape index (κ3) is 0.782. The van der Waals surface area contributed by atoms with Crippen LogP contribution < -0.4 is 0 Å². The van der Waals surface area contributed by atoms with Crippen molar-refractivity contribution in [2.45, 2.75) is 31.6 Å². The van der Waals surface area contributed by atoms with Gasteiger partial charge in [0, 0.05) is 0 Å². The van der Waals surface area contributed by atoms with Crippen LogP contribution in [0, 0.1) is 5.92 Å². The van der Waals surface area contributed by atoms with E-state index >= 15 is 0 Å². The molecule has 3 rings (SSSR count). The molecule has 0 nitrogen and oxygen atoms in total. The van der Waals surface area contributed by atoms with Crippen LogP contribution in [-0.4, -0.2) is 0 Å². The Morgan fingerprint density at radius 1 is 1.08 bits per heavy atom. The molecule has 0 saturated heterocycles. The first-order valence-corrected chi connectivity index (χ1v) is 5.03. The van der Waals surface area contributed by atoms with Crippen molar-refractivity contribution in [3.8, 4) is 0 Å². The van der Waals surface area contributed by atoms with Crippen molar-refractivity contribution in [2.24, 2.45) is 5.92 Å².